The van der Waals surface area contributed by atoms with Crippen LogP contribution in [-0.4, -0.2) is 22.2 Å². The molecule has 0 saturated carbocycles. The zero-order chi connectivity index (χ0) is 28.7. The van der Waals surface area contributed by atoms with Crippen molar-refractivity contribution in [2.45, 2.75) is 59.8 Å². The molecule has 38 heavy (non-hydrogen) atoms. The zero-order valence-electron chi connectivity index (χ0n) is 22.0. The Kier molecular flexibility index (Phi) is 10.6. The van der Waals surface area contributed by atoms with Crippen LogP contribution in [0.4, 0.5) is 26.3 Å². The minimum Gasteiger partial charge on any atom is -0.356 e. The van der Waals surface area contributed by atoms with Gasteiger partial charge in [-0.3, -0.25) is 4.79 Å². The lowest BCUT2D eigenvalue weighted by Crippen LogP contribution is -2.30. The summed E-state index contributed by atoms with van der Waals surface area (Å²) in [6, 6.07) is 13.2. The third-order valence-corrected chi connectivity index (χ3v) is 6.16. The summed E-state index contributed by atoms with van der Waals surface area (Å²) in [5.41, 5.74) is 1.06. The molecule has 0 radical (unpaired) electrons. The molecule has 3 aromatic rings. The van der Waals surface area contributed by atoms with Crippen molar-refractivity contribution in [1.82, 2.24) is 15.1 Å². The van der Waals surface area contributed by atoms with Gasteiger partial charge in [-0.25, -0.2) is 4.68 Å². The van der Waals surface area contributed by atoms with Gasteiger partial charge in [-0.1, -0.05) is 56.7 Å². The smallest absolute Gasteiger partial charge is 0.356 e. The fourth-order valence-electron chi connectivity index (χ4n) is 3.38. The first-order chi connectivity index (χ1) is 17.6. The summed E-state index contributed by atoms with van der Waals surface area (Å²) in [5, 5.41) is 6.63. The van der Waals surface area contributed by atoms with Crippen molar-refractivity contribution in [3.63, 3.8) is 0 Å². The van der Waals surface area contributed by atoms with Gasteiger partial charge in [-0.15, -0.1) is 0 Å². The van der Waals surface area contributed by atoms with Crippen LogP contribution in [0.3, 0.4) is 0 Å². The predicted molar refractivity (Wildman–Crippen MR) is 135 cm³/mol. The van der Waals surface area contributed by atoms with Crippen LogP contribution in [-0.2, 0) is 23.6 Å². The molecule has 0 aliphatic carbocycles. The summed E-state index contributed by atoms with van der Waals surface area (Å²) in [4.78, 5) is 12.1. The van der Waals surface area contributed by atoms with E-state index in [0.717, 1.165) is 29.3 Å². The first-order valence-corrected chi connectivity index (χ1v) is 12.2. The van der Waals surface area contributed by atoms with Gasteiger partial charge in [0.2, 0.25) is 5.91 Å². The van der Waals surface area contributed by atoms with Gasteiger partial charge in [0.05, 0.1) is 11.3 Å². The molecule has 0 spiro atoms. The quantitative estimate of drug-likeness (QED) is 0.314. The molecule has 1 unspecified atom stereocenters. The van der Waals surface area contributed by atoms with E-state index in [9.17, 15) is 31.1 Å². The Morgan fingerprint density at radius 1 is 0.921 bits per heavy atom. The van der Waals surface area contributed by atoms with E-state index < -0.39 is 23.6 Å². The second kappa shape index (κ2) is 13.0. The Balaban J connectivity index is 0.000000384. The Hall–Kier alpha value is -3.30. The number of benzene rings is 2. The van der Waals surface area contributed by atoms with Crippen molar-refractivity contribution < 1.29 is 31.1 Å². The average Bonchev–Trinajstić information content (AvgIpc) is 3.23. The van der Waals surface area contributed by atoms with Crippen molar-refractivity contribution in [1.29, 1.82) is 0 Å². The molecule has 2 aromatic carbocycles. The molecule has 1 heterocycles. The second-order valence-electron chi connectivity index (χ2n) is 9.60. The van der Waals surface area contributed by atoms with Gasteiger partial charge in [0.1, 0.15) is 0 Å². The summed E-state index contributed by atoms with van der Waals surface area (Å²) in [6.07, 6.45) is -8.00. The molecule has 1 aromatic heterocycles. The summed E-state index contributed by atoms with van der Waals surface area (Å²) in [5.74, 6) is 0.802. The topological polar surface area (TPSA) is 46.9 Å². The van der Waals surface area contributed by atoms with Crippen molar-refractivity contribution in [3.8, 4) is 5.69 Å². The van der Waals surface area contributed by atoms with E-state index in [1.165, 1.54) is 16.8 Å². The lowest BCUT2D eigenvalue weighted by molar-refractivity contribution is -0.141. The van der Waals surface area contributed by atoms with Crippen molar-refractivity contribution >= 4 is 5.91 Å². The van der Waals surface area contributed by atoms with E-state index in [-0.39, 0.29) is 12.3 Å². The number of halogens is 6. The Morgan fingerprint density at radius 3 is 2.05 bits per heavy atom. The van der Waals surface area contributed by atoms with Crippen LogP contribution >= 0.6 is 0 Å². The molecule has 208 valence electrons. The zero-order valence-corrected chi connectivity index (χ0v) is 22.0. The van der Waals surface area contributed by atoms with Crippen LogP contribution in [0.15, 0.2) is 54.6 Å². The molecule has 4 nitrogen and oxygen atoms in total. The molecule has 1 N–H and O–H groups in total. The minimum atomic E-state index is -4.49. The lowest BCUT2D eigenvalue weighted by Gasteiger charge is -2.16. The molecule has 10 heteroatoms. The van der Waals surface area contributed by atoms with Gasteiger partial charge < -0.3 is 5.32 Å². The Bertz CT molecular complexity index is 1180. The highest BCUT2D eigenvalue weighted by atomic mass is 19.4. The largest absolute Gasteiger partial charge is 0.435 e. The van der Waals surface area contributed by atoms with Gasteiger partial charge in [0.25, 0.3) is 0 Å². The number of nitrogens with one attached hydrogen (secondary N) is 1. The second-order valence-corrected chi connectivity index (χ2v) is 9.60. The number of rotatable bonds is 7. The summed E-state index contributed by atoms with van der Waals surface area (Å²) in [6.45, 7) is 10.2. The molecule has 0 aliphatic heterocycles. The van der Waals surface area contributed by atoms with Crippen molar-refractivity contribution in [2.75, 3.05) is 6.54 Å². The van der Waals surface area contributed by atoms with Gasteiger partial charge >= 0.3 is 12.4 Å². The van der Waals surface area contributed by atoms with Crippen molar-refractivity contribution in [2.24, 2.45) is 11.8 Å². The number of para-hydroxylation sites is 1. The third-order valence-electron chi connectivity index (χ3n) is 6.16. The number of amides is 1. The molecule has 0 bridgehead atoms. The number of carbonyl (C=O) groups is 1. The highest BCUT2D eigenvalue weighted by molar-refractivity contribution is 5.76. The fourth-order valence-corrected chi connectivity index (χ4v) is 3.38. The minimum absolute atomic E-state index is 0.0644. The van der Waals surface area contributed by atoms with E-state index in [4.69, 9.17) is 0 Å². The standard InChI is InChI=1S/C20H26F3N3O.C8H7F3/c1-13(2)14(3)12-24-19(27)10-9-16-7-5-6-8-17(16)26-15(4)11-18(25-26)20(21,22)23;1-6-2-4-7(5-3-6)8(9,10)11/h5-8,11,13-14H,9-10,12H2,1-4H3,(H,24,27);2-5H,1H3. The maximum atomic E-state index is 12.9. The SMILES string of the molecule is Cc1cc(C(F)(F)F)nn1-c1ccccc1CCC(=O)NCC(C)C(C)C.Cc1ccc(C(F)(F)F)cc1. The molecule has 3 rings (SSSR count). The molecular formula is C28H33F6N3O. The van der Waals surface area contributed by atoms with Crippen LogP contribution in [0.1, 0.15) is 55.3 Å². The lowest BCUT2D eigenvalue weighted by atomic mass is 9.98. The average molecular weight is 542 g/mol. The van der Waals surface area contributed by atoms with Gasteiger partial charge in [-0.2, -0.15) is 31.4 Å². The van der Waals surface area contributed by atoms with Crippen LogP contribution in [0.25, 0.3) is 5.69 Å². The molecule has 0 saturated heterocycles. The first kappa shape index (κ1) is 30.9. The summed E-state index contributed by atoms with van der Waals surface area (Å²) in [7, 11) is 0. The van der Waals surface area contributed by atoms with E-state index in [0.29, 0.717) is 36.2 Å². The molecule has 0 aliphatic rings. The Morgan fingerprint density at radius 2 is 1.53 bits per heavy atom. The number of alkyl halides is 6. The monoisotopic (exact) mass is 541 g/mol. The van der Waals surface area contributed by atoms with E-state index in [1.54, 1.807) is 32.0 Å². The normalized spacial score (nSPS) is 12.6. The van der Waals surface area contributed by atoms with Gasteiger partial charge in [-0.05, 0) is 61.9 Å². The first-order valence-electron chi connectivity index (χ1n) is 12.2. The van der Waals surface area contributed by atoms with E-state index in [1.807, 2.05) is 6.07 Å². The van der Waals surface area contributed by atoms with Crippen LogP contribution in [0.5, 0.6) is 0 Å². The molecule has 1 amide bonds. The van der Waals surface area contributed by atoms with Crippen LogP contribution in [0.2, 0.25) is 0 Å². The number of hydrogen-bond acceptors (Lipinski definition) is 2. The van der Waals surface area contributed by atoms with Gasteiger partial charge in [0, 0.05) is 18.7 Å². The maximum Gasteiger partial charge on any atom is 0.435 e. The Labute approximate surface area is 219 Å². The molecular weight excluding hydrogens is 508 g/mol. The van der Waals surface area contributed by atoms with Crippen LogP contribution in [0, 0.1) is 25.7 Å². The fraction of sp³-hybridized carbons (Fsp3) is 0.429. The predicted octanol–water partition coefficient (Wildman–Crippen LogP) is 7.55. The van der Waals surface area contributed by atoms with Crippen molar-refractivity contribution in [3.05, 3.63) is 82.7 Å². The molecule has 0 fully saturated rings. The third kappa shape index (κ3) is 9.22. The maximum absolute atomic E-state index is 12.9. The number of aryl methyl sites for hydroxylation is 3. The summed E-state index contributed by atoms with van der Waals surface area (Å²) < 4.78 is 75.8. The van der Waals surface area contributed by atoms with E-state index >= 15 is 0 Å². The highest BCUT2D eigenvalue weighted by Crippen LogP contribution is 2.30. The number of carbonyl (C=O) groups excluding carboxylic acids is 1. The number of nitrogens with zero attached hydrogens (tertiary/aromatic N) is 2. The summed E-state index contributed by atoms with van der Waals surface area (Å²) >= 11 is 0. The number of aromatic nitrogens is 2. The van der Waals surface area contributed by atoms with E-state index in [2.05, 4.69) is 31.2 Å². The highest BCUT2D eigenvalue weighted by Gasteiger charge is 2.34. The van der Waals surface area contributed by atoms with Crippen LogP contribution < -0.4 is 5.32 Å². The van der Waals surface area contributed by atoms with Gasteiger partial charge in [0.15, 0.2) is 5.69 Å². The molecule has 1 atom stereocenters. The number of hydrogen-bond donors (Lipinski definition) is 1.